The molecule has 2 aromatic rings. The molecule has 0 N–H and O–H groups in total. The summed E-state index contributed by atoms with van der Waals surface area (Å²) in [5, 5.41) is 0. The van der Waals surface area contributed by atoms with E-state index in [4.69, 9.17) is 0 Å². The van der Waals surface area contributed by atoms with Gasteiger partial charge in [-0.1, -0.05) is 6.07 Å². The molecule has 0 unspecified atom stereocenters. The zero-order valence-corrected chi connectivity index (χ0v) is 6.55. The molecule has 0 aliphatic heterocycles. The highest BCUT2D eigenvalue weighted by molar-refractivity contribution is 5.49. The number of halogens is 3. The van der Waals surface area contributed by atoms with E-state index < -0.39 is 11.9 Å². The molecule has 0 aliphatic carbocycles. The van der Waals surface area contributed by atoms with E-state index in [2.05, 4.69) is 0 Å². The van der Waals surface area contributed by atoms with Crippen LogP contribution in [0.2, 0.25) is 0 Å². The Morgan fingerprint density at radius 3 is 2.46 bits per heavy atom. The lowest BCUT2D eigenvalue weighted by atomic mass is 10.4. The molecule has 2 aromatic heterocycles. The molecule has 0 atom stereocenters. The molecule has 68 valence electrons. The van der Waals surface area contributed by atoms with Crippen LogP contribution in [-0.4, -0.2) is 4.40 Å². The van der Waals surface area contributed by atoms with Crippen molar-refractivity contribution < 1.29 is 13.2 Å². The Hall–Kier alpha value is -1.45. The fourth-order valence-electron chi connectivity index (χ4n) is 1.29. The molecular formula is C9H6F3N. The average molecular weight is 185 g/mol. The monoisotopic (exact) mass is 185 g/mol. The van der Waals surface area contributed by atoms with Gasteiger partial charge in [0.05, 0.1) is 0 Å². The van der Waals surface area contributed by atoms with Crippen molar-refractivity contribution in [2.45, 2.75) is 6.18 Å². The summed E-state index contributed by atoms with van der Waals surface area (Å²) in [6, 6.07) is 7.44. The molecular weight excluding hydrogens is 179 g/mol. The van der Waals surface area contributed by atoms with Crippen LogP contribution in [0.4, 0.5) is 13.2 Å². The number of rotatable bonds is 0. The molecule has 1 nitrogen and oxygen atoms in total. The standard InChI is InChI=1S/C9H6F3N/c10-9(11,12)8-5-4-7-3-1-2-6-13(7)8/h1-6H. The number of aromatic nitrogens is 1. The van der Waals surface area contributed by atoms with Gasteiger partial charge in [0.25, 0.3) is 0 Å². The molecule has 0 radical (unpaired) electrons. The fourth-order valence-corrected chi connectivity index (χ4v) is 1.29. The summed E-state index contributed by atoms with van der Waals surface area (Å²) in [6.45, 7) is 0. The van der Waals surface area contributed by atoms with Crippen molar-refractivity contribution in [3.63, 3.8) is 0 Å². The first kappa shape index (κ1) is 8.16. The van der Waals surface area contributed by atoms with Gasteiger partial charge in [-0.15, -0.1) is 0 Å². The number of pyridine rings is 1. The summed E-state index contributed by atoms with van der Waals surface area (Å²) in [6.07, 6.45) is -2.88. The van der Waals surface area contributed by atoms with E-state index >= 15 is 0 Å². The Morgan fingerprint density at radius 2 is 1.77 bits per heavy atom. The van der Waals surface area contributed by atoms with Gasteiger partial charge in [0.2, 0.25) is 0 Å². The van der Waals surface area contributed by atoms with Gasteiger partial charge in [0.15, 0.2) is 0 Å². The molecule has 0 bridgehead atoms. The molecule has 0 aromatic carbocycles. The van der Waals surface area contributed by atoms with Gasteiger partial charge in [-0.2, -0.15) is 13.2 Å². The van der Waals surface area contributed by atoms with Crippen molar-refractivity contribution in [1.82, 2.24) is 4.40 Å². The molecule has 0 fully saturated rings. The largest absolute Gasteiger partial charge is 0.431 e. The van der Waals surface area contributed by atoms with Gasteiger partial charge >= 0.3 is 6.18 Å². The highest BCUT2D eigenvalue weighted by atomic mass is 19.4. The highest BCUT2D eigenvalue weighted by Crippen LogP contribution is 2.30. The van der Waals surface area contributed by atoms with Crippen LogP contribution in [0.5, 0.6) is 0 Å². The minimum absolute atomic E-state index is 0.551. The van der Waals surface area contributed by atoms with Gasteiger partial charge in [0.1, 0.15) is 5.69 Å². The van der Waals surface area contributed by atoms with Crippen LogP contribution in [0.15, 0.2) is 36.5 Å². The summed E-state index contributed by atoms with van der Waals surface area (Å²) in [5.74, 6) is 0. The first-order chi connectivity index (χ1) is 6.09. The third kappa shape index (κ3) is 1.28. The van der Waals surface area contributed by atoms with Crippen LogP contribution in [0.1, 0.15) is 5.69 Å². The Morgan fingerprint density at radius 1 is 1.00 bits per heavy atom. The maximum atomic E-state index is 12.3. The van der Waals surface area contributed by atoms with Crippen LogP contribution >= 0.6 is 0 Å². The van der Waals surface area contributed by atoms with Gasteiger partial charge in [-0.05, 0) is 24.3 Å². The van der Waals surface area contributed by atoms with Gasteiger partial charge < -0.3 is 4.40 Å². The predicted molar refractivity (Wildman–Crippen MR) is 42.4 cm³/mol. The second kappa shape index (κ2) is 2.52. The molecule has 0 spiro atoms. The van der Waals surface area contributed by atoms with Crippen LogP contribution in [0.25, 0.3) is 5.52 Å². The minimum Gasteiger partial charge on any atom is -0.313 e. The smallest absolute Gasteiger partial charge is 0.313 e. The molecule has 2 rings (SSSR count). The van der Waals surface area contributed by atoms with Crippen molar-refractivity contribution in [2.24, 2.45) is 0 Å². The Bertz CT molecular complexity index is 428. The van der Waals surface area contributed by atoms with E-state index in [0.29, 0.717) is 5.52 Å². The van der Waals surface area contributed by atoms with Crippen molar-refractivity contribution in [2.75, 3.05) is 0 Å². The van der Waals surface area contributed by atoms with Crippen molar-refractivity contribution in [1.29, 1.82) is 0 Å². The lowest BCUT2D eigenvalue weighted by Gasteiger charge is -2.05. The molecule has 4 heteroatoms. The first-order valence-electron chi connectivity index (χ1n) is 3.72. The predicted octanol–water partition coefficient (Wildman–Crippen LogP) is 2.96. The molecule has 0 aliphatic rings. The third-order valence-corrected chi connectivity index (χ3v) is 1.85. The van der Waals surface area contributed by atoms with Gasteiger partial charge in [-0.25, -0.2) is 0 Å². The van der Waals surface area contributed by atoms with E-state index in [9.17, 15) is 13.2 Å². The number of nitrogens with zero attached hydrogens (tertiary/aromatic N) is 1. The zero-order chi connectivity index (χ0) is 9.47. The fraction of sp³-hybridized carbons (Fsp3) is 0.111. The number of hydrogen-bond acceptors (Lipinski definition) is 0. The van der Waals surface area contributed by atoms with Crippen LogP contribution in [0, 0.1) is 0 Å². The van der Waals surface area contributed by atoms with E-state index in [-0.39, 0.29) is 0 Å². The van der Waals surface area contributed by atoms with E-state index in [1.807, 2.05) is 0 Å². The molecule has 13 heavy (non-hydrogen) atoms. The van der Waals surface area contributed by atoms with Crippen LogP contribution in [0.3, 0.4) is 0 Å². The summed E-state index contributed by atoms with van der Waals surface area (Å²) in [7, 11) is 0. The Kier molecular flexibility index (Phi) is 1.58. The lowest BCUT2D eigenvalue weighted by Crippen LogP contribution is -2.08. The Labute approximate surface area is 72.4 Å². The van der Waals surface area contributed by atoms with E-state index in [1.165, 1.54) is 12.3 Å². The molecule has 0 amide bonds. The summed E-state index contributed by atoms with van der Waals surface area (Å²) in [5.41, 5.74) is -0.0853. The topological polar surface area (TPSA) is 4.41 Å². The van der Waals surface area contributed by atoms with Gasteiger partial charge in [-0.3, -0.25) is 0 Å². The lowest BCUT2D eigenvalue weighted by molar-refractivity contribution is -0.141. The maximum absolute atomic E-state index is 12.3. The van der Waals surface area contributed by atoms with Crippen LogP contribution < -0.4 is 0 Å². The first-order valence-corrected chi connectivity index (χ1v) is 3.72. The Balaban J connectivity index is 2.72. The molecule has 0 saturated carbocycles. The number of alkyl halides is 3. The van der Waals surface area contributed by atoms with E-state index in [1.54, 1.807) is 18.2 Å². The zero-order valence-electron chi connectivity index (χ0n) is 6.55. The SMILES string of the molecule is FC(F)(F)c1ccc2ccccn12. The maximum Gasteiger partial charge on any atom is 0.431 e. The molecule has 0 saturated heterocycles. The minimum atomic E-state index is -4.28. The summed E-state index contributed by atoms with van der Waals surface area (Å²) >= 11 is 0. The molecule has 2 heterocycles. The second-order valence-corrected chi connectivity index (χ2v) is 2.71. The number of hydrogen-bond donors (Lipinski definition) is 0. The number of fused-ring (bicyclic) bond motifs is 1. The summed E-state index contributed by atoms with van der Waals surface area (Å²) in [4.78, 5) is 0. The second-order valence-electron chi connectivity index (χ2n) is 2.71. The average Bonchev–Trinajstić information content (AvgIpc) is 2.45. The van der Waals surface area contributed by atoms with Crippen LogP contribution in [-0.2, 0) is 6.18 Å². The van der Waals surface area contributed by atoms with E-state index in [0.717, 1.165) is 10.5 Å². The normalized spacial score (nSPS) is 12.2. The highest BCUT2D eigenvalue weighted by Gasteiger charge is 2.33. The quantitative estimate of drug-likeness (QED) is 0.594. The van der Waals surface area contributed by atoms with Gasteiger partial charge in [0, 0.05) is 11.7 Å². The third-order valence-electron chi connectivity index (χ3n) is 1.85. The van der Waals surface area contributed by atoms with Crippen molar-refractivity contribution >= 4 is 5.52 Å². The van der Waals surface area contributed by atoms with Crippen molar-refractivity contribution in [3.8, 4) is 0 Å². The van der Waals surface area contributed by atoms with Crippen molar-refractivity contribution in [3.05, 3.63) is 42.2 Å². The summed E-state index contributed by atoms with van der Waals surface area (Å²) < 4.78 is 38.1.